The van der Waals surface area contributed by atoms with Crippen molar-refractivity contribution in [3.8, 4) is 6.07 Å². The second-order valence-electron chi connectivity index (χ2n) is 3.06. The van der Waals surface area contributed by atoms with Crippen LogP contribution in [0.5, 0.6) is 0 Å². The molecule has 1 aromatic heterocycles. The lowest BCUT2D eigenvalue weighted by atomic mass is 10.1. The highest BCUT2D eigenvalue weighted by atomic mass is 16.1. The van der Waals surface area contributed by atoms with Gasteiger partial charge in [0.15, 0.2) is 0 Å². The fraction of sp³-hybridized carbons (Fsp3) is 0.200. The molecule has 0 aliphatic carbocycles. The van der Waals surface area contributed by atoms with Gasteiger partial charge in [-0.1, -0.05) is 0 Å². The summed E-state index contributed by atoms with van der Waals surface area (Å²) in [5, 5.41) is 8.86. The third-order valence-corrected chi connectivity index (χ3v) is 1.59. The van der Waals surface area contributed by atoms with E-state index in [-0.39, 0.29) is 5.56 Å². The van der Waals surface area contributed by atoms with Crippen molar-refractivity contribution >= 4 is 5.57 Å². The summed E-state index contributed by atoms with van der Waals surface area (Å²) in [5.74, 6) is 0. The van der Waals surface area contributed by atoms with E-state index in [2.05, 4.69) is 4.98 Å². The van der Waals surface area contributed by atoms with Crippen LogP contribution in [-0.2, 0) is 0 Å². The Morgan fingerprint density at radius 3 is 2.86 bits per heavy atom. The van der Waals surface area contributed by atoms with Gasteiger partial charge in [0.2, 0.25) is 5.56 Å². The average Bonchev–Trinajstić information content (AvgIpc) is 2.14. The summed E-state index contributed by atoms with van der Waals surface area (Å²) in [6.07, 6.45) is 3.20. The third-order valence-electron chi connectivity index (χ3n) is 1.59. The second-order valence-corrected chi connectivity index (χ2v) is 3.06. The molecule has 0 atom stereocenters. The molecule has 0 unspecified atom stereocenters. The summed E-state index contributed by atoms with van der Waals surface area (Å²) in [6.45, 7) is 0. The fourth-order valence-corrected chi connectivity index (χ4v) is 1.04. The molecule has 4 nitrogen and oxygen atoms in total. The predicted octanol–water partition coefficient (Wildman–Crippen LogP) is 0.801. The van der Waals surface area contributed by atoms with Gasteiger partial charge in [-0.15, -0.1) is 0 Å². The van der Waals surface area contributed by atoms with Crippen LogP contribution >= 0.6 is 0 Å². The van der Waals surface area contributed by atoms with Crippen molar-refractivity contribution in [2.24, 2.45) is 0 Å². The first kappa shape index (κ1) is 10.1. The third kappa shape index (κ3) is 2.49. The molecule has 1 heterocycles. The number of nitrogens with one attached hydrogen (secondary N) is 1. The largest absolute Gasteiger partial charge is 0.382 e. The van der Waals surface area contributed by atoms with Crippen LogP contribution in [0, 0.1) is 11.3 Å². The van der Waals surface area contributed by atoms with Crippen LogP contribution in [0.4, 0.5) is 0 Å². The molecule has 0 radical (unpaired) electrons. The summed E-state index contributed by atoms with van der Waals surface area (Å²) < 4.78 is 0. The highest BCUT2D eigenvalue weighted by Crippen LogP contribution is 2.10. The Kier molecular flexibility index (Phi) is 3.08. The van der Waals surface area contributed by atoms with Gasteiger partial charge in [0.1, 0.15) is 6.07 Å². The van der Waals surface area contributed by atoms with Gasteiger partial charge >= 0.3 is 0 Å². The molecule has 1 rings (SSSR count). The van der Waals surface area contributed by atoms with Crippen molar-refractivity contribution in [1.29, 1.82) is 5.26 Å². The summed E-state index contributed by atoms with van der Waals surface area (Å²) in [5.41, 5.74) is 0.897. The number of H-pyrrole nitrogens is 1. The zero-order chi connectivity index (χ0) is 10.6. The first-order valence-corrected chi connectivity index (χ1v) is 4.11. The Morgan fingerprint density at radius 1 is 1.64 bits per heavy atom. The highest BCUT2D eigenvalue weighted by Gasteiger charge is 2.00. The Morgan fingerprint density at radius 2 is 2.36 bits per heavy atom. The summed E-state index contributed by atoms with van der Waals surface area (Å²) >= 11 is 0. The fourth-order valence-electron chi connectivity index (χ4n) is 1.04. The molecule has 0 spiro atoms. The molecule has 72 valence electrons. The van der Waals surface area contributed by atoms with Gasteiger partial charge in [-0.2, -0.15) is 5.26 Å². The average molecular weight is 189 g/mol. The van der Waals surface area contributed by atoms with E-state index in [4.69, 9.17) is 5.26 Å². The zero-order valence-corrected chi connectivity index (χ0v) is 8.11. The van der Waals surface area contributed by atoms with E-state index < -0.39 is 0 Å². The van der Waals surface area contributed by atoms with Gasteiger partial charge in [-0.3, -0.25) is 4.79 Å². The van der Waals surface area contributed by atoms with E-state index in [9.17, 15) is 4.79 Å². The van der Waals surface area contributed by atoms with Crippen LogP contribution in [0.25, 0.3) is 5.57 Å². The molecule has 1 N–H and O–H groups in total. The minimum absolute atomic E-state index is 0.206. The van der Waals surface area contributed by atoms with Crippen LogP contribution in [0.3, 0.4) is 0 Å². The Bertz CT molecular complexity index is 437. The van der Waals surface area contributed by atoms with E-state index in [1.165, 1.54) is 12.3 Å². The molecular weight excluding hydrogens is 178 g/mol. The molecule has 0 fully saturated rings. The zero-order valence-electron chi connectivity index (χ0n) is 8.11. The van der Waals surface area contributed by atoms with E-state index in [0.717, 1.165) is 0 Å². The van der Waals surface area contributed by atoms with E-state index >= 15 is 0 Å². The molecule has 1 aromatic rings. The Labute approximate surface area is 82.1 Å². The number of nitriles is 1. The Balaban J connectivity index is 3.16. The summed E-state index contributed by atoms with van der Waals surface area (Å²) in [6, 6.07) is 5.14. The Hall–Kier alpha value is -2.02. The maximum atomic E-state index is 11.0. The number of allylic oxidation sites excluding steroid dienone is 1. The quantitative estimate of drug-likeness (QED) is 0.700. The molecule has 0 saturated carbocycles. The number of aromatic nitrogens is 1. The van der Waals surface area contributed by atoms with E-state index in [1.54, 1.807) is 17.2 Å². The van der Waals surface area contributed by atoms with Crippen LogP contribution in [0.1, 0.15) is 5.56 Å². The number of rotatable bonds is 2. The van der Waals surface area contributed by atoms with Crippen molar-refractivity contribution in [2.45, 2.75) is 0 Å². The molecule has 0 aliphatic rings. The lowest BCUT2D eigenvalue weighted by Gasteiger charge is -2.05. The van der Waals surface area contributed by atoms with Crippen LogP contribution < -0.4 is 5.56 Å². The SMILES string of the molecule is CN(C)C=C(C#N)c1cc[nH]c(=O)c1. The maximum absolute atomic E-state index is 11.0. The molecule has 0 saturated heterocycles. The van der Waals surface area contributed by atoms with Crippen molar-refractivity contribution in [1.82, 2.24) is 9.88 Å². The smallest absolute Gasteiger partial charge is 0.248 e. The first-order chi connectivity index (χ1) is 6.63. The number of aromatic amines is 1. The molecule has 14 heavy (non-hydrogen) atoms. The molecule has 0 aliphatic heterocycles. The van der Waals surface area contributed by atoms with Gasteiger partial charge in [0.25, 0.3) is 0 Å². The minimum Gasteiger partial charge on any atom is -0.382 e. The van der Waals surface area contributed by atoms with Crippen molar-refractivity contribution in [3.05, 3.63) is 40.4 Å². The second kappa shape index (κ2) is 4.28. The van der Waals surface area contributed by atoms with Gasteiger partial charge in [0, 0.05) is 38.1 Å². The van der Waals surface area contributed by atoms with Crippen LogP contribution in [-0.4, -0.2) is 24.0 Å². The van der Waals surface area contributed by atoms with E-state index in [0.29, 0.717) is 11.1 Å². The molecular formula is C10H11N3O. The first-order valence-electron chi connectivity index (χ1n) is 4.11. The normalized spacial score (nSPS) is 10.8. The van der Waals surface area contributed by atoms with Crippen molar-refractivity contribution < 1.29 is 0 Å². The van der Waals surface area contributed by atoms with E-state index in [1.807, 2.05) is 20.2 Å². The highest BCUT2D eigenvalue weighted by molar-refractivity contribution is 5.75. The van der Waals surface area contributed by atoms with Crippen molar-refractivity contribution in [2.75, 3.05) is 14.1 Å². The number of hydrogen-bond acceptors (Lipinski definition) is 3. The molecule has 0 aromatic carbocycles. The maximum Gasteiger partial charge on any atom is 0.248 e. The van der Waals surface area contributed by atoms with Gasteiger partial charge < -0.3 is 9.88 Å². The predicted molar refractivity (Wildman–Crippen MR) is 54.3 cm³/mol. The van der Waals surface area contributed by atoms with Crippen LogP contribution in [0.2, 0.25) is 0 Å². The monoisotopic (exact) mass is 189 g/mol. The lowest BCUT2D eigenvalue weighted by Crippen LogP contribution is -2.06. The standard InChI is InChI=1S/C10H11N3O/c1-13(2)7-9(6-11)8-3-4-12-10(14)5-8/h3-5,7H,1-2H3,(H,12,14). The number of pyridine rings is 1. The summed E-state index contributed by atoms with van der Waals surface area (Å²) in [7, 11) is 3.65. The van der Waals surface area contributed by atoms with Crippen LogP contribution in [0.15, 0.2) is 29.3 Å². The molecule has 0 bridgehead atoms. The molecule has 4 heteroatoms. The minimum atomic E-state index is -0.206. The number of hydrogen-bond donors (Lipinski definition) is 1. The lowest BCUT2D eigenvalue weighted by molar-refractivity contribution is 0.566. The van der Waals surface area contributed by atoms with Gasteiger partial charge in [-0.25, -0.2) is 0 Å². The summed E-state index contributed by atoms with van der Waals surface area (Å²) in [4.78, 5) is 15.3. The topological polar surface area (TPSA) is 59.9 Å². The van der Waals surface area contributed by atoms with Gasteiger partial charge in [-0.05, 0) is 6.07 Å². The van der Waals surface area contributed by atoms with Crippen molar-refractivity contribution in [3.63, 3.8) is 0 Å². The van der Waals surface area contributed by atoms with Gasteiger partial charge in [0.05, 0.1) is 5.57 Å². The number of nitrogens with zero attached hydrogens (tertiary/aromatic N) is 2. The molecule has 0 amide bonds.